The predicted molar refractivity (Wildman–Crippen MR) is 126 cm³/mol. The second kappa shape index (κ2) is 22.5. The van der Waals surface area contributed by atoms with Gasteiger partial charge in [0.1, 0.15) is 0 Å². The molecule has 0 aromatic heterocycles. The highest BCUT2D eigenvalue weighted by atomic mass is 31.3. The normalized spacial score (nSPS) is 13.1. The molecule has 0 amide bonds. The zero-order valence-electron chi connectivity index (χ0n) is 19.8. The van der Waals surface area contributed by atoms with Gasteiger partial charge in [-0.2, -0.15) is 17.2 Å². The van der Waals surface area contributed by atoms with Gasteiger partial charge in [0.25, 0.3) is 0 Å². The summed E-state index contributed by atoms with van der Waals surface area (Å²) >= 11 is 0. The van der Waals surface area contributed by atoms with Crippen molar-refractivity contribution in [2.24, 2.45) is 0 Å². The fraction of sp³-hybridized carbons (Fsp3) is 1.00. The van der Waals surface area contributed by atoms with Crippen molar-refractivity contribution in [3.8, 4) is 0 Å². The largest absolute Gasteiger partial charge is 0.478 e. The summed E-state index contributed by atoms with van der Waals surface area (Å²) in [5, 5.41) is 16.2. The van der Waals surface area contributed by atoms with Crippen molar-refractivity contribution in [2.75, 3.05) is 26.4 Å². The van der Waals surface area contributed by atoms with Crippen LogP contribution in [0.2, 0.25) is 0 Å². The highest BCUT2D eigenvalue weighted by Gasteiger charge is 2.30. The summed E-state index contributed by atoms with van der Waals surface area (Å²) in [5.74, 6) is 0. The Morgan fingerprint density at radius 2 is 0.419 bits per heavy atom. The first kappa shape index (κ1) is 53.4. The van der Waals surface area contributed by atoms with Crippen molar-refractivity contribution in [2.45, 2.75) is 0 Å². The van der Waals surface area contributed by atoms with Gasteiger partial charge in [0.15, 0.2) is 0 Å². The van der Waals surface area contributed by atoms with Crippen LogP contribution in [0.4, 0.5) is 0 Å². The number of hydrogen-bond acceptors (Lipinski definition) is 15. The fourth-order valence-electron chi connectivity index (χ4n) is 0.785. The number of ether oxygens (including phenoxy) is 1. The molecule has 0 saturated heterocycles. The maximum absolute atomic E-state index is 9.63. The third kappa shape index (κ3) is 85.9. The second-order valence-corrected chi connectivity index (χ2v) is 15.8. The van der Waals surface area contributed by atoms with Gasteiger partial charge in [-0.25, -0.2) is 36.5 Å². The molecule has 0 aliphatic heterocycles. The van der Waals surface area contributed by atoms with E-state index in [1.807, 2.05) is 0 Å². The van der Waals surface area contributed by atoms with Gasteiger partial charge in [0.2, 0.25) is 0 Å². The Bertz CT molecular complexity index is 852. The first-order chi connectivity index (χ1) is 18.2. The molecule has 0 bridgehead atoms. The summed E-state index contributed by atoms with van der Waals surface area (Å²) in [4.78, 5) is 124. The van der Waals surface area contributed by atoms with Crippen LogP contribution in [0.5, 0.6) is 0 Å². The van der Waals surface area contributed by atoms with E-state index in [9.17, 15) is 36.5 Å². The molecule has 0 saturated carbocycles. The lowest BCUT2D eigenvalue weighted by Gasteiger charge is -2.03. The molecule has 18 N–H and O–H groups in total. The topological polar surface area (TPSA) is 547 Å². The van der Waals surface area contributed by atoms with E-state index in [0.29, 0.717) is 13.2 Å². The van der Waals surface area contributed by atoms with Gasteiger partial charge in [-0.05, 0) is 0 Å². The molecule has 0 fully saturated rings. The van der Waals surface area contributed by atoms with E-state index >= 15 is 0 Å². The lowest BCUT2D eigenvalue weighted by atomic mass is 10.7. The molecule has 0 radical (unpaired) electrons. The van der Waals surface area contributed by atoms with Gasteiger partial charge in [-0.1, -0.05) is 0 Å². The quantitative estimate of drug-likeness (QED) is 0.0655. The maximum atomic E-state index is 9.63. The van der Waals surface area contributed by atoms with Crippen LogP contribution in [0.25, 0.3) is 0 Å². The first-order valence-corrected chi connectivity index (χ1v) is 20.6. The molecule has 0 spiro atoms. The molecule has 43 heavy (non-hydrogen) atoms. The third-order valence-electron chi connectivity index (χ3n) is 1.32. The molecule has 0 atom stereocenters. The number of rotatable bonds is 12. The molecule has 0 rings (SSSR count). The van der Waals surface area contributed by atoms with Crippen LogP contribution in [0.1, 0.15) is 0 Å². The first-order valence-electron chi connectivity index (χ1n) is 8.33. The molecule has 31 nitrogen and oxygen atoms in total. The number of aliphatic hydroxyl groups excluding tert-OH is 2. The number of aliphatic hydroxyl groups is 2. The van der Waals surface area contributed by atoms with E-state index < -0.39 is 62.6 Å². The smallest absolute Gasteiger partial charge is 0.394 e. The van der Waals surface area contributed by atoms with Crippen LogP contribution < -0.4 is 0 Å². The van der Waals surface area contributed by atoms with Crippen LogP contribution in [0, 0.1) is 0 Å². The Kier molecular flexibility index (Phi) is 27.9. The minimum Gasteiger partial charge on any atom is -0.394 e. The zero-order valence-corrected chi connectivity index (χ0v) is 26.9. The fourth-order valence-corrected chi connectivity index (χ4v) is 5.22. The van der Waals surface area contributed by atoms with E-state index in [0.717, 1.165) is 0 Å². The van der Waals surface area contributed by atoms with Crippen molar-refractivity contribution < 1.29 is 147 Å². The standard InChI is InChI=1S/C4H10O3.4H4O7P2/c5-1-3-7-4-2-6;4*1-8(2,3)7-9(4,5)6/h5-6H,1-4H2;4*(H2,1,2,3)(H2,4,5,6). The van der Waals surface area contributed by atoms with E-state index in [1.54, 1.807) is 0 Å². The minimum atomic E-state index is -5.05. The van der Waals surface area contributed by atoms with E-state index in [4.69, 9.17) is 88.5 Å². The molecule has 39 heteroatoms. The molecular weight excluding hydrogens is 792 g/mol. The van der Waals surface area contributed by atoms with Gasteiger partial charge >= 0.3 is 62.6 Å². The average molecular weight is 818 g/mol. The van der Waals surface area contributed by atoms with Crippen molar-refractivity contribution in [1.82, 2.24) is 0 Å². The lowest BCUT2D eigenvalue weighted by Crippen LogP contribution is -2.03. The summed E-state index contributed by atoms with van der Waals surface area (Å²) in [5.41, 5.74) is 0. The molecule has 0 aromatic rings. The van der Waals surface area contributed by atoms with Crippen molar-refractivity contribution in [1.29, 1.82) is 0 Å². The summed E-state index contributed by atoms with van der Waals surface area (Å²) < 4.78 is 93.5. The van der Waals surface area contributed by atoms with Gasteiger partial charge in [-0.15, -0.1) is 0 Å². The van der Waals surface area contributed by atoms with Crippen LogP contribution >= 0.6 is 62.6 Å². The van der Waals surface area contributed by atoms with Crippen molar-refractivity contribution in [3.05, 3.63) is 0 Å². The van der Waals surface area contributed by atoms with E-state index in [2.05, 4.69) is 22.0 Å². The van der Waals surface area contributed by atoms with Gasteiger partial charge in [0.05, 0.1) is 26.4 Å². The SMILES string of the molecule is O=P(O)(O)OP(=O)(O)O.O=P(O)(O)OP(=O)(O)O.O=P(O)(O)OP(=O)(O)O.O=P(O)(O)OP(=O)(O)O.OCCOCCO. The van der Waals surface area contributed by atoms with Crippen LogP contribution in [-0.2, 0) is 58.5 Å². The third-order valence-corrected chi connectivity index (χ3v) is 8.13. The Labute approximate surface area is 236 Å². The van der Waals surface area contributed by atoms with Crippen molar-refractivity contribution in [3.63, 3.8) is 0 Å². The van der Waals surface area contributed by atoms with Crippen LogP contribution in [0.3, 0.4) is 0 Å². The molecule has 0 aliphatic carbocycles. The molecule has 268 valence electrons. The highest BCUT2D eigenvalue weighted by molar-refractivity contribution is 7.61. The molecule has 0 aliphatic rings. The Morgan fingerprint density at radius 3 is 0.465 bits per heavy atom. The summed E-state index contributed by atoms with van der Waals surface area (Å²) in [6.07, 6.45) is 0. The number of phosphoric acid groups is 8. The van der Waals surface area contributed by atoms with Crippen LogP contribution in [0.15, 0.2) is 0 Å². The monoisotopic (exact) mass is 818 g/mol. The van der Waals surface area contributed by atoms with E-state index in [-0.39, 0.29) is 13.2 Å². The molecular formula is C4H26O31P8. The highest BCUT2D eigenvalue weighted by Crippen LogP contribution is 2.55. The number of hydrogen-bond donors (Lipinski definition) is 18. The Morgan fingerprint density at radius 1 is 0.302 bits per heavy atom. The van der Waals surface area contributed by atoms with E-state index in [1.165, 1.54) is 0 Å². The molecule has 0 aromatic carbocycles. The predicted octanol–water partition coefficient (Wildman–Crippen LogP) is -4.26. The maximum Gasteiger partial charge on any atom is 0.478 e. The average Bonchev–Trinajstić information content (AvgIpc) is 2.51. The van der Waals surface area contributed by atoms with Gasteiger partial charge < -0.3 is 93.2 Å². The Hall–Kier alpha value is 0.920. The van der Waals surface area contributed by atoms with Crippen LogP contribution in [-0.4, -0.2) is 115 Å². The summed E-state index contributed by atoms with van der Waals surface area (Å²) in [7, 11) is -40.4. The summed E-state index contributed by atoms with van der Waals surface area (Å²) in [6, 6.07) is 0. The lowest BCUT2D eigenvalue weighted by molar-refractivity contribution is 0.0650. The zero-order chi connectivity index (χ0) is 36.4. The van der Waals surface area contributed by atoms with Gasteiger partial charge in [-0.3, -0.25) is 0 Å². The Balaban J connectivity index is -0.000000140. The second-order valence-electron chi connectivity index (χ2n) is 5.31. The minimum absolute atomic E-state index is 0.0278. The molecule has 0 unspecified atom stereocenters. The summed E-state index contributed by atoms with van der Waals surface area (Å²) in [6.45, 7) is 0.696. The molecule has 0 heterocycles. The van der Waals surface area contributed by atoms with Gasteiger partial charge in [0, 0.05) is 0 Å². The van der Waals surface area contributed by atoms with Crippen molar-refractivity contribution >= 4 is 62.6 Å².